The average Bonchev–Trinajstić information content (AvgIpc) is 3.59. The lowest BCUT2D eigenvalue weighted by Gasteiger charge is -2.27. The van der Waals surface area contributed by atoms with Gasteiger partial charge in [0.1, 0.15) is 17.6 Å². The van der Waals surface area contributed by atoms with Gasteiger partial charge in [0.15, 0.2) is 0 Å². The van der Waals surface area contributed by atoms with Gasteiger partial charge < -0.3 is 14.2 Å². The lowest BCUT2D eigenvalue weighted by molar-refractivity contribution is -0.131. The van der Waals surface area contributed by atoms with E-state index in [1.165, 1.54) is 18.7 Å². The van der Waals surface area contributed by atoms with Gasteiger partial charge in [-0.15, -0.1) is 11.8 Å². The van der Waals surface area contributed by atoms with Crippen molar-refractivity contribution in [1.82, 2.24) is 5.01 Å². The summed E-state index contributed by atoms with van der Waals surface area (Å²) in [6.45, 7) is 1.47. The van der Waals surface area contributed by atoms with Crippen LogP contribution >= 0.6 is 11.8 Å². The van der Waals surface area contributed by atoms with Crippen molar-refractivity contribution < 1.29 is 18.4 Å². The number of carbonyl (C=O) groups excluding carboxylic acids is 2. The molecule has 2 unspecified atom stereocenters. The third-order valence-corrected chi connectivity index (χ3v) is 6.99. The van der Waals surface area contributed by atoms with Crippen molar-refractivity contribution in [2.24, 2.45) is 11.0 Å². The first-order valence-electron chi connectivity index (χ1n) is 11.3. The van der Waals surface area contributed by atoms with Gasteiger partial charge in [0, 0.05) is 23.4 Å². The Kier molecular flexibility index (Phi) is 6.40. The molecule has 0 spiro atoms. The summed E-state index contributed by atoms with van der Waals surface area (Å²) in [6.07, 6.45) is 8.20. The predicted molar refractivity (Wildman–Crippen MR) is 131 cm³/mol. The SMILES string of the molecule is CC(=O)Nc1ccc(SCC(=O)N2N=C3/C(=C/c4ccco4)CCCC3C2c2ccco2)cc1. The first-order valence-corrected chi connectivity index (χ1v) is 12.3. The lowest BCUT2D eigenvalue weighted by Crippen LogP contribution is -2.32. The molecule has 1 saturated carbocycles. The number of hydrazone groups is 1. The van der Waals surface area contributed by atoms with Gasteiger partial charge in [-0.2, -0.15) is 5.10 Å². The molecule has 0 saturated heterocycles. The van der Waals surface area contributed by atoms with Crippen LogP contribution in [0.25, 0.3) is 6.08 Å². The highest BCUT2D eigenvalue weighted by Crippen LogP contribution is 2.44. The number of carbonyl (C=O) groups is 2. The molecule has 2 amide bonds. The average molecular weight is 476 g/mol. The van der Waals surface area contributed by atoms with E-state index in [0.717, 1.165) is 52.7 Å². The third-order valence-electron chi connectivity index (χ3n) is 5.99. The summed E-state index contributed by atoms with van der Waals surface area (Å²) >= 11 is 1.45. The number of allylic oxidation sites excluding steroid dienone is 1. The molecule has 2 aliphatic rings. The second kappa shape index (κ2) is 9.77. The van der Waals surface area contributed by atoms with Crippen LogP contribution in [0.5, 0.6) is 0 Å². The molecule has 1 aromatic carbocycles. The van der Waals surface area contributed by atoms with Crippen LogP contribution < -0.4 is 5.32 Å². The Morgan fingerprint density at radius 2 is 1.94 bits per heavy atom. The second-order valence-electron chi connectivity index (χ2n) is 8.36. The summed E-state index contributed by atoms with van der Waals surface area (Å²) in [7, 11) is 0. The van der Waals surface area contributed by atoms with Crippen LogP contribution in [0.1, 0.15) is 43.7 Å². The quantitative estimate of drug-likeness (QED) is 0.459. The molecule has 2 atom stereocenters. The van der Waals surface area contributed by atoms with Gasteiger partial charge >= 0.3 is 0 Å². The van der Waals surface area contributed by atoms with Crippen LogP contribution in [0.4, 0.5) is 5.69 Å². The summed E-state index contributed by atoms with van der Waals surface area (Å²) < 4.78 is 11.3. The van der Waals surface area contributed by atoms with Crippen LogP contribution in [-0.4, -0.2) is 28.3 Å². The number of thioether (sulfide) groups is 1. The van der Waals surface area contributed by atoms with E-state index in [2.05, 4.69) is 5.32 Å². The Morgan fingerprint density at radius 3 is 2.65 bits per heavy atom. The van der Waals surface area contributed by atoms with E-state index < -0.39 is 0 Å². The van der Waals surface area contributed by atoms with Gasteiger partial charge in [-0.25, -0.2) is 5.01 Å². The number of amides is 2. The lowest BCUT2D eigenvalue weighted by atomic mass is 9.79. The summed E-state index contributed by atoms with van der Waals surface area (Å²) in [4.78, 5) is 25.5. The van der Waals surface area contributed by atoms with Crippen molar-refractivity contribution in [3.05, 3.63) is 78.2 Å². The van der Waals surface area contributed by atoms with Gasteiger partial charge in [0.05, 0.1) is 24.0 Å². The molecule has 1 aliphatic carbocycles. The minimum Gasteiger partial charge on any atom is -0.467 e. The van der Waals surface area contributed by atoms with E-state index in [-0.39, 0.29) is 29.5 Å². The molecule has 8 heteroatoms. The Labute approximate surface area is 201 Å². The highest BCUT2D eigenvalue weighted by Gasteiger charge is 2.45. The van der Waals surface area contributed by atoms with Gasteiger partial charge in [0.2, 0.25) is 5.91 Å². The summed E-state index contributed by atoms with van der Waals surface area (Å²) in [5, 5.41) is 9.20. The van der Waals surface area contributed by atoms with E-state index >= 15 is 0 Å². The summed E-state index contributed by atoms with van der Waals surface area (Å²) in [5.41, 5.74) is 2.79. The van der Waals surface area contributed by atoms with Gasteiger partial charge in [0.25, 0.3) is 5.91 Å². The number of rotatable bonds is 6. The maximum absolute atomic E-state index is 13.4. The zero-order valence-electron chi connectivity index (χ0n) is 18.8. The number of nitrogens with one attached hydrogen (secondary N) is 1. The number of hydrogen-bond acceptors (Lipinski definition) is 6. The van der Waals surface area contributed by atoms with Gasteiger partial charge in [-0.1, -0.05) is 0 Å². The molecule has 3 aromatic rings. The van der Waals surface area contributed by atoms with Crippen molar-refractivity contribution in [2.75, 3.05) is 11.1 Å². The van der Waals surface area contributed by atoms with Gasteiger partial charge in [-0.05, 0) is 79.4 Å². The maximum Gasteiger partial charge on any atom is 0.253 e. The van der Waals surface area contributed by atoms with E-state index in [9.17, 15) is 9.59 Å². The van der Waals surface area contributed by atoms with Crippen molar-refractivity contribution >= 4 is 41.1 Å². The molecule has 0 radical (unpaired) electrons. The van der Waals surface area contributed by atoms with Crippen molar-refractivity contribution in [3.63, 3.8) is 0 Å². The van der Waals surface area contributed by atoms with Crippen molar-refractivity contribution in [1.29, 1.82) is 0 Å². The fraction of sp³-hybridized carbons (Fsp3) is 0.269. The topological polar surface area (TPSA) is 88.0 Å². The Bertz CT molecular complexity index is 1210. The largest absolute Gasteiger partial charge is 0.467 e. The highest BCUT2D eigenvalue weighted by atomic mass is 32.2. The molecule has 34 heavy (non-hydrogen) atoms. The summed E-state index contributed by atoms with van der Waals surface area (Å²) in [5.74, 6) is 1.69. The van der Waals surface area contributed by atoms with Crippen molar-refractivity contribution in [2.45, 2.75) is 37.1 Å². The zero-order valence-corrected chi connectivity index (χ0v) is 19.6. The Hall–Kier alpha value is -3.52. The standard InChI is InChI=1S/C26H25N3O4S/c1-17(30)27-19-9-11-21(12-10-19)34-16-24(31)29-26(23-8-4-14-33-23)22-7-2-5-18(25(22)28-29)15-20-6-3-13-32-20/h3-4,6,8-15,22,26H,2,5,7,16H2,1H3,(H,27,30)/b18-15+. The Balaban J connectivity index is 1.36. The molecule has 7 nitrogen and oxygen atoms in total. The predicted octanol–water partition coefficient (Wildman–Crippen LogP) is 5.75. The molecule has 1 fully saturated rings. The number of nitrogens with zero attached hydrogens (tertiary/aromatic N) is 2. The monoisotopic (exact) mass is 475 g/mol. The van der Waals surface area contributed by atoms with Crippen LogP contribution in [-0.2, 0) is 9.59 Å². The minimum atomic E-state index is -0.249. The fourth-order valence-electron chi connectivity index (χ4n) is 4.54. The zero-order chi connectivity index (χ0) is 23.5. The van der Waals surface area contributed by atoms with Gasteiger partial charge in [-0.3, -0.25) is 9.59 Å². The smallest absolute Gasteiger partial charge is 0.253 e. The number of anilines is 1. The highest BCUT2D eigenvalue weighted by molar-refractivity contribution is 8.00. The molecule has 2 aromatic heterocycles. The van der Waals surface area contributed by atoms with Crippen LogP contribution in [0.2, 0.25) is 0 Å². The first kappa shape index (κ1) is 22.3. The minimum absolute atomic E-state index is 0.0726. The molecular weight excluding hydrogens is 450 g/mol. The number of furan rings is 2. The van der Waals surface area contributed by atoms with Crippen LogP contribution in [0.3, 0.4) is 0 Å². The fourth-order valence-corrected chi connectivity index (χ4v) is 5.29. The Morgan fingerprint density at radius 1 is 1.15 bits per heavy atom. The van der Waals surface area contributed by atoms with E-state index in [0.29, 0.717) is 0 Å². The van der Waals surface area contributed by atoms with Crippen molar-refractivity contribution in [3.8, 4) is 0 Å². The third kappa shape index (κ3) is 4.72. The molecule has 5 rings (SSSR count). The normalized spacial score (nSPS) is 20.8. The van der Waals surface area contributed by atoms with E-state index in [1.54, 1.807) is 17.5 Å². The second-order valence-corrected chi connectivity index (χ2v) is 9.41. The number of hydrogen-bond donors (Lipinski definition) is 1. The number of benzene rings is 1. The molecule has 0 bridgehead atoms. The molecule has 1 N–H and O–H groups in total. The molecule has 1 aliphatic heterocycles. The van der Waals surface area contributed by atoms with E-state index in [1.807, 2.05) is 54.6 Å². The van der Waals surface area contributed by atoms with E-state index in [4.69, 9.17) is 13.9 Å². The molecular formula is C26H25N3O4S. The maximum atomic E-state index is 13.4. The molecule has 3 heterocycles. The van der Waals surface area contributed by atoms with Crippen LogP contribution in [0.15, 0.2) is 85.5 Å². The number of fused-ring (bicyclic) bond motifs is 1. The molecule has 174 valence electrons. The first-order chi connectivity index (χ1) is 16.6. The summed E-state index contributed by atoms with van der Waals surface area (Å²) in [6, 6.07) is 14.8. The van der Waals surface area contributed by atoms with Crippen LogP contribution in [0, 0.1) is 5.92 Å².